The van der Waals surface area contributed by atoms with E-state index < -0.39 is 18.0 Å². The number of amides is 4. The summed E-state index contributed by atoms with van der Waals surface area (Å²) in [7, 11) is 1.57. The molecular formula is C25H28N4O4. The van der Waals surface area contributed by atoms with E-state index in [0.717, 1.165) is 27.9 Å². The molecule has 8 heteroatoms. The minimum atomic E-state index is -0.888. The molecule has 0 radical (unpaired) electrons. The van der Waals surface area contributed by atoms with E-state index in [2.05, 4.69) is 29.0 Å². The fourth-order valence-corrected chi connectivity index (χ4v) is 4.05. The summed E-state index contributed by atoms with van der Waals surface area (Å²) in [5, 5.41) is 6.47. The van der Waals surface area contributed by atoms with Gasteiger partial charge in [0, 0.05) is 18.1 Å². The zero-order chi connectivity index (χ0) is 23.5. The number of ether oxygens (including phenoxy) is 1. The third-order valence-electron chi connectivity index (χ3n) is 5.65. The molecule has 172 valence electrons. The first-order valence-corrected chi connectivity index (χ1v) is 11.0. The highest BCUT2D eigenvalue weighted by molar-refractivity contribution is 6.08. The molecule has 4 amide bonds. The maximum atomic E-state index is 12.8. The van der Waals surface area contributed by atoms with Crippen molar-refractivity contribution in [1.29, 1.82) is 0 Å². The average molecular weight is 449 g/mol. The van der Waals surface area contributed by atoms with Crippen LogP contribution in [0.25, 0.3) is 10.9 Å². The Labute approximate surface area is 192 Å². The number of urea groups is 1. The van der Waals surface area contributed by atoms with Gasteiger partial charge in [0.15, 0.2) is 0 Å². The van der Waals surface area contributed by atoms with Gasteiger partial charge in [0.25, 0.3) is 5.91 Å². The Bertz CT molecular complexity index is 1180. The molecule has 33 heavy (non-hydrogen) atoms. The van der Waals surface area contributed by atoms with Gasteiger partial charge < -0.3 is 19.9 Å². The zero-order valence-electron chi connectivity index (χ0n) is 19.0. The molecule has 2 N–H and O–H groups in total. The van der Waals surface area contributed by atoms with Gasteiger partial charge in [0.1, 0.15) is 11.8 Å². The molecule has 0 saturated carbocycles. The lowest BCUT2D eigenvalue weighted by Gasteiger charge is -2.14. The highest BCUT2D eigenvalue weighted by Crippen LogP contribution is 2.26. The summed E-state index contributed by atoms with van der Waals surface area (Å²) in [4.78, 5) is 39.0. The molecule has 0 bridgehead atoms. The van der Waals surface area contributed by atoms with Crippen LogP contribution in [0.15, 0.2) is 54.7 Å². The fourth-order valence-electron chi connectivity index (χ4n) is 4.05. The van der Waals surface area contributed by atoms with Gasteiger partial charge in [0.2, 0.25) is 5.91 Å². The normalized spacial score (nSPS) is 15.9. The number of rotatable bonds is 8. The lowest BCUT2D eigenvalue weighted by molar-refractivity contribution is -0.130. The van der Waals surface area contributed by atoms with E-state index in [-0.39, 0.29) is 18.9 Å². The monoisotopic (exact) mass is 448 g/mol. The minimum absolute atomic E-state index is 0.132. The lowest BCUT2D eigenvalue weighted by atomic mass is 10.1. The number of benzene rings is 2. The molecule has 8 nitrogen and oxygen atoms in total. The Morgan fingerprint density at radius 2 is 1.88 bits per heavy atom. The topological polar surface area (TPSA) is 92.7 Å². The van der Waals surface area contributed by atoms with Gasteiger partial charge in [-0.3, -0.25) is 14.5 Å². The second kappa shape index (κ2) is 9.36. The van der Waals surface area contributed by atoms with Crippen LogP contribution in [-0.4, -0.2) is 40.5 Å². The van der Waals surface area contributed by atoms with Crippen molar-refractivity contribution in [2.75, 3.05) is 12.4 Å². The smallest absolute Gasteiger partial charge is 0.325 e. The van der Waals surface area contributed by atoms with Crippen LogP contribution in [0.3, 0.4) is 0 Å². The summed E-state index contributed by atoms with van der Waals surface area (Å²) in [6.07, 6.45) is 1.88. The van der Waals surface area contributed by atoms with Gasteiger partial charge in [-0.2, -0.15) is 0 Å². The number of carbonyl (C=O) groups is 3. The minimum Gasteiger partial charge on any atom is -0.497 e. The van der Waals surface area contributed by atoms with Crippen molar-refractivity contribution in [3.05, 3.63) is 60.3 Å². The summed E-state index contributed by atoms with van der Waals surface area (Å²) in [5.41, 5.74) is 2.52. The average Bonchev–Trinajstić information content (AvgIpc) is 3.30. The molecule has 1 aliphatic rings. The van der Waals surface area contributed by atoms with E-state index in [9.17, 15) is 14.4 Å². The first-order valence-electron chi connectivity index (χ1n) is 11.0. The molecule has 1 aromatic heterocycles. The molecule has 0 unspecified atom stereocenters. The Balaban J connectivity index is 1.41. The standard InChI is InChI=1S/C25H28N4O4/c1-16(2)14-28-12-11-19-20(5-4-6-22(19)28)26-23(30)13-21-24(31)29(25(32)27-21)15-17-7-9-18(33-3)10-8-17/h4-12,16,21H,13-15H2,1-3H3,(H,26,30)(H,27,32)/t21-/m0/s1. The van der Waals surface area contributed by atoms with Crippen molar-refractivity contribution in [2.45, 2.75) is 39.4 Å². The highest BCUT2D eigenvalue weighted by Gasteiger charge is 2.39. The van der Waals surface area contributed by atoms with Gasteiger partial charge in [-0.05, 0) is 41.8 Å². The van der Waals surface area contributed by atoms with Crippen molar-refractivity contribution < 1.29 is 19.1 Å². The molecule has 2 heterocycles. The maximum absolute atomic E-state index is 12.8. The Morgan fingerprint density at radius 3 is 2.58 bits per heavy atom. The summed E-state index contributed by atoms with van der Waals surface area (Å²) in [6, 6.07) is 13.5. The van der Waals surface area contributed by atoms with E-state index in [1.165, 1.54) is 0 Å². The molecule has 1 fully saturated rings. The summed E-state index contributed by atoms with van der Waals surface area (Å²) >= 11 is 0. The molecule has 1 atom stereocenters. The fraction of sp³-hybridized carbons (Fsp3) is 0.320. The Morgan fingerprint density at radius 1 is 1.12 bits per heavy atom. The van der Waals surface area contributed by atoms with Crippen molar-refractivity contribution >= 4 is 34.4 Å². The maximum Gasteiger partial charge on any atom is 0.325 e. The van der Waals surface area contributed by atoms with Crippen molar-refractivity contribution in [3.63, 3.8) is 0 Å². The highest BCUT2D eigenvalue weighted by atomic mass is 16.5. The van der Waals surface area contributed by atoms with E-state index in [1.54, 1.807) is 31.4 Å². The number of hydrogen-bond donors (Lipinski definition) is 2. The molecule has 2 aromatic carbocycles. The number of nitrogens with zero attached hydrogens (tertiary/aromatic N) is 2. The van der Waals surface area contributed by atoms with Crippen LogP contribution in [0.5, 0.6) is 5.75 Å². The van der Waals surface area contributed by atoms with Crippen LogP contribution < -0.4 is 15.4 Å². The predicted molar refractivity (Wildman–Crippen MR) is 126 cm³/mol. The largest absolute Gasteiger partial charge is 0.497 e. The second-order valence-corrected chi connectivity index (χ2v) is 8.63. The summed E-state index contributed by atoms with van der Waals surface area (Å²) in [6.45, 7) is 5.33. The van der Waals surface area contributed by atoms with Crippen LogP contribution in [-0.2, 0) is 22.7 Å². The Kier molecular flexibility index (Phi) is 6.35. The molecule has 4 rings (SSSR count). The SMILES string of the molecule is COc1ccc(CN2C(=O)N[C@@H](CC(=O)Nc3cccc4c3ccn4CC(C)C)C2=O)cc1. The quantitative estimate of drug-likeness (QED) is 0.513. The molecular weight excluding hydrogens is 420 g/mol. The number of carbonyl (C=O) groups excluding carboxylic acids is 3. The van der Waals surface area contributed by atoms with Crippen molar-refractivity contribution in [3.8, 4) is 5.75 Å². The lowest BCUT2D eigenvalue weighted by Crippen LogP contribution is -2.34. The number of imide groups is 1. The molecule has 0 spiro atoms. The number of hydrogen-bond acceptors (Lipinski definition) is 4. The first-order chi connectivity index (χ1) is 15.9. The van der Waals surface area contributed by atoms with Crippen LogP contribution in [0.4, 0.5) is 10.5 Å². The van der Waals surface area contributed by atoms with E-state index in [4.69, 9.17) is 4.74 Å². The number of nitrogens with one attached hydrogen (secondary N) is 2. The zero-order valence-corrected chi connectivity index (χ0v) is 19.0. The number of anilines is 1. The number of methoxy groups -OCH3 is 1. The van der Waals surface area contributed by atoms with Gasteiger partial charge >= 0.3 is 6.03 Å². The van der Waals surface area contributed by atoms with E-state index >= 15 is 0 Å². The predicted octanol–water partition coefficient (Wildman–Crippen LogP) is 3.76. The van der Waals surface area contributed by atoms with Crippen molar-refractivity contribution in [2.24, 2.45) is 5.92 Å². The van der Waals surface area contributed by atoms with Crippen molar-refractivity contribution in [1.82, 2.24) is 14.8 Å². The summed E-state index contributed by atoms with van der Waals surface area (Å²) in [5.74, 6) is 0.452. The molecule has 3 aromatic rings. The molecule has 1 saturated heterocycles. The van der Waals surface area contributed by atoms with E-state index in [0.29, 0.717) is 17.4 Å². The van der Waals surface area contributed by atoms with Crippen LogP contribution in [0.1, 0.15) is 25.8 Å². The number of fused-ring (bicyclic) bond motifs is 1. The Hall–Kier alpha value is -3.81. The van der Waals surface area contributed by atoms with Gasteiger partial charge in [-0.15, -0.1) is 0 Å². The van der Waals surface area contributed by atoms with Gasteiger partial charge in [-0.25, -0.2) is 4.79 Å². The van der Waals surface area contributed by atoms with Crippen LogP contribution >= 0.6 is 0 Å². The second-order valence-electron chi connectivity index (χ2n) is 8.63. The molecule has 0 aliphatic carbocycles. The third-order valence-corrected chi connectivity index (χ3v) is 5.65. The summed E-state index contributed by atoms with van der Waals surface area (Å²) < 4.78 is 7.29. The van der Waals surface area contributed by atoms with Gasteiger partial charge in [-0.1, -0.05) is 32.0 Å². The first kappa shape index (κ1) is 22.4. The molecule has 1 aliphatic heterocycles. The van der Waals surface area contributed by atoms with E-state index in [1.807, 2.05) is 30.5 Å². The van der Waals surface area contributed by atoms with Crippen LogP contribution in [0.2, 0.25) is 0 Å². The van der Waals surface area contributed by atoms with Crippen LogP contribution in [0, 0.1) is 5.92 Å². The van der Waals surface area contributed by atoms with Gasteiger partial charge in [0.05, 0.1) is 31.3 Å². The third kappa shape index (κ3) is 4.84. The number of aromatic nitrogens is 1.